The number of aliphatic hydroxyl groups is 1. The number of aliphatic hydroxyl groups excluding tert-OH is 1. The molecule has 0 saturated heterocycles. The third kappa shape index (κ3) is 3.24. The summed E-state index contributed by atoms with van der Waals surface area (Å²) in [6.45, 7) is 2.57. The van der Waals surface area contributed by atoms with Crippen molar-refractivity contribution in [1.29, 1.82) is 0 Å². The second-order valence-electron chi connectivity index (χ2n) is 5.28. The summed E-state index contributed by atoms with van der Waals surface area (Å²) < 4.78 is 7.54. The molecule has 0 amide bonds. The summed E-state index contributed by atoms with van der Waals surface area (Å²) in [5.41, 5.74) is 2.97. The summed E-state index contributed by atoms with van der Waals surface area (Å²) >= 11 is 6.08. The normalized spacial score (nSPS) is 12.5. The van der Waals surface area contributed by atoms with Crippen molar-refractivity contribution in [3.63, 3.8) is 0 Å². The molecule has 114 valence electrons. The maximum atomic E-state index is 10.2. The van der Waals surface area contributed by atoms with Gasteiger partial charge in [0.25, 0.3) is 0 Å². The van der Waals surface area contributed by atoms with Crippen molar-refractivity contribution in [2.45, 2.75) is 19.6 Å². The largest absolute Gasteiger partial charge is 0.489 e. The average Bonchev–Trinajstić information content (AvgIpc) is 2.91. The summed E-state index contributed by atoms with van der Waals surface area (Å²) in [4.78, 5) is 4.31. The smallest absolute Gasteiger partial charge is 0.138 e. The number of aryl methyl sites for hydroxylation is 1. The van der Waals surface area contributed by atoms with E-state index in [4.69, 9.17) is 16.3 Å². The van der Waals surface area contributed by atoms with Crippen molar-refractivity contribution in [3.05, 3.63) is 59.4 Å². The van der Waals surface area contributed by atoms with Crippen LogP contribution in [0, 0.1) is 6.92 Å². The van der Waals surface area contributed by atoms with Crippen LogP contribution in [0.1, 0.15) is 5.56 Å². The first-order valence-corrected chi connectivity index (χ1v) is 7.48. The van der Waals surface area contributed by atoms with Crippen LogP contribution < -0.4 is 4.74 Å². The molecule has 2 aromatic carbocycles. The van der Waals surface area contributed by atoms with E-state index in [1.54, 1.807) is 12.4 Å². The SMILES string of the molecule is Cc1ccc(Cl)c(OC[C@@H](O)Cn2cnc3ccccc32)c1. The number of hydrogen-bond donors (Lipinski definition) is 1. The highest BCUT2D eigenvalue weighted by atomic mass is 35.5. The molecule has 0 saturated carbocycles. The number of fused-ring (bicyclic) bond motifs is 1. The molecule has 0 aliphatic rings. The van der Waals surface area contributed by atoms with E-state index >= 15 is 0 Å². The van der Waals surface area contributed by atoms with E-state index in [1.165, 1.54) is 0 Å². The van der Waals surface area contributed by atoms with Crippen LogP contribution in [-0.4, -0.2) is 27.4 Å². The molecule has 5 heteroatoms. The van der Waals surface area contributed by atoms with Crippen molar-refractivity contribution < 1.29 is 9.84 Å². The first-order valence-electron chi connectivity index (χ1n) is 7.10. The van der Waals surface area contributed by atoms with Crippen molar-refractivity contribution in [3.8, 4) is 5.75 Å². The summed E-state index contributed by atoms with van der Waals surface area (Å²) in [6.07, 6.45) is 1.09. The Bertz CT molecular complexity index is 785. The lowest BCUT2D eigenvalue weighted by molar-refractivity contribution is 0.0934. The van der Waals surface area contributed by atoms with Gasteiger partial charge in [-0.3, -0.25) is 0 Å². The zero-order valence-electron chi connectivity index (χ0n) is 12.2. The molecular weight excluding hydrogens is 300 g/mol. The number of benzene rings is 2. The molecule has 1 heterocycles. The van der Waals surface area contributed by atoms with E-state index in [2.05, 4.69) is 4.98 Å². The fourth-order valence-corrected chi connectivity index (χ4v) is 2.51. The van der Waals surface area contributed by atoms with Crippen LogP contribution in [0.3, 0.4) is 0 Å². The second kappa shape index (κ2) is 6.38. The molecule has 3 rings (SSSR count). The van der Waals surface area contributed by atoms with Crippen LogP contribution in [0.2, 0.25) is 5.02 Å². The van der Waals surface area contributed by atoms with Crippen molar-refractivity contribution in [2.24, 2.45) is 0 Å². The number of halogens is 1. The Morgan fingerprint density at radius 2 is 2.09 bits per heavy atom. The lowest BCUT2D eigenvalue weighted by Crippen LogP contribution is -2.23. The van der Waals surface area contributed by atoms with Gasteiger partial charge in [-0.1, -0.05) is 29.8 Å². The predicted molar refractivity (Wildman–Crippen MR) is 87.4 cm³/mol. The van der Waals surface area contributed by atoms with Crippen molar-refractivity contribution >= 4 is 22.6 Å². The standard InChI is InChI=1S/C17H17ClN2O2/c1-12-6-7-14(18)17(8-12)22-10-13(21)9-20-11-19-15-4-2-3-5-16(15)20/h2-8,11,13,21H,9-10H2,1H3/t13-/m0/s1. The van der Waals surface area contributed by atoms with Gasteiger partial charge in [-0.15, -0.1) is 0 Å². The number of aromatic nitrogens is 2. The number of ether oxygens (including phenoxy) is 1. The highest BCUT2D eigenvalue weighted by molar-refractivity contribution is 6.32. The highest BCUT2D eigenvalue weighted by Crippen LogP contribution is 2.25. The quantitative estimate of drug-likeness (QED) is 0.784. The third-order valence-corrected chi connectivity index (χ3v) is 3.76. The van der Waals surface area contributed by atoms with Gasteiger partial charge in [0.05, 0.1) is 28.9 Å². The van der Waals surface area contributed by atoms with E-state index in [-0.39, 0.29) is 6.61 Å². The minimum absolute atomic E-state index is 0.176. The average molecular weight is 317 g/mol. The Hall–Kier alpha value is -2.04. The number of rotatable bonds is 5. The summed E-state index contributed by atoms with van der Waals surface area (Å²) in [6, 6.07) is 13.4. The molecule has 1 N–H and O–H groups in total. The van der Waals surface area contributed by atoms with Crippen LogP contribution >= 0.6 is 11.6 Å². The fraction of sp³-hybridized carbons (Fsp3) is 0.235. The minimum atomic E-state index is -0.644. The number of imidazole rings is 1. The van der Waals surface area contributed by atoms with Gasteiger partial charge in [-0.2, -0.15) is 0 Å². The van der Waals surface area contributed by atoms with Gasteiger partial charge in [-0.25, -0.2) is 4.98 Å². The molecule has 0 spiro atoms. The van der Waals surface area contributed by atoms with Crippen LogP contribution in [0.5, 0.6) is 5.75 Å². The van der Waals surface area contributed by atoms with Crippen LogP contribution in [0.15, 0.2) is 48.8 Å². The van der Waals surface area contributed by atoms with Gasteiger partial charge in [0.1, 0.15) is 18.5 Å². The second-order valence-corrected chi connectivity index (χ2v) is 5.69. The molecule has 0 fully saturated rings. The Labute approximate surface area is 133 Å². The Morgan fingerprint density at radius 3 is 2.95 bits per heavy atom. The lowest BCUT2D eigenvalue weighted by atomic mass is 10.2. The lowest BCUT2D eigenvalue weighted by Gasteiger charge is -2.14. The maximum Gasteiger partial charge on any atom is 0.138 e. The monoisotopic (exact) mass is 316 g/mol. The van der Waals surface area contributed by atoms with Crippen LogP contribution in [0.4, 0.5) is 0 Å². The molecule has 1 aromatic heterocycles. The molecule has 0 bridgehead atoms. The van der Waals surface area contributed by atoms with Gasteiger partial charge >= 0.3 is 0 Å². The summed E-state index contributed by atoms with van der Waals surface area (Å²) in [5.74, 6) is 0.594. The van der Waals surface area contributed by atoms with Gasteiger partial charge < -0.3 is 14.4 Å². The van der Waals surface area contributed by atoms with Gasteiger partial charge in [0, 0.05) is 0 Å². The zero-order valence-corrected chi connectivity index (χ0v) is 13.0. The highest BCUT2D eigenvalue weighted by Gasteiger charge is 2.10. The topological polar surface area (TPSA) is 47.3 Å². The molecule has 0 aliphatic carbocycles. The van der Waals surface area contributed by atoms with E-state index in [9.17, 15) is 5.11 Å². The molecule has 0 radical (unpaired) electrons. The molecule has 1 atom stereocenters. The number of nitrogens with zero attached hydrogens (tertiary/aromatic N) is 2. The fourth-order valence-electron chi connectivity index (χ4n) is 2.34. The molecule has 3 aromatic rings. The van der Waals surface area contributed by atoms with E-state index < -0.39 is 6.10 Å². The van der Waals surface area contributed by atoms with E-state index in [1.807, 2.05) is 47.9 Å². The van der Waals surface area contributed by atoms with Gasteiger partial charge in [-0.05, 0) is 36.8 Å². The Morgan fingerprint density at radius 1 is 1.27 bits per heavy atom. The van der Waals surface area contributed by atoms with Crippen LogP contribution in [0.25, 0.3) is 11.0 Å². The van der Waals surface area contributed by atoms with Gasteiger partial charge in [0.15, 0.2) is 0 Å². The maximum absolute atomic E-state index is 10.2. The first-order chi connectivity index (χ1) is 10.6. The number of para-hydroxylation sites is 2. The third-order valence-electron chi connectivity index (χ3n) is 3.45. The zero-order chi connectivity index (χ0) is 15.5. The molecule has 4 nitrogen and oxygen atoms in total. The van der Waals surface area contributed by atoms with E-state index in [0.29, 0.717) is 17.3 Å². The molecule has 0 aliphatic heterocycles. The van der Waals surface area contributed by atoms with Gasteiger partial charge in [0.2, 0.25) is 0 Å². The Kier molecular flexibility index (Phi) is 4.32. The van der Waals surface area contributed by atoms with Crippen molar-refractivity contribution in [1.82, 2.24) is 9.55 Å². The molecule has 22 heavy (non-hydrogen) atoms. The number of hydrogen-bond acceptors (Lipinski definition) is 3. The molecular formula is C17H17ClN2O2. The first kappa shape index (κ1) is 14.9. The molecule has 0 unspecified atom stereocenters. The minimum Gasteiger partial charge on any atom is -0.489 e. The Balaban J connectivity index is 1.65. The summed E-state index contributed by atoms with van der Waals surface area (Å²) in [5, 5.41) is 10.7. The van der Waals surface area contributed by atoms with Crippen molar-refractivity contribution in [2.75, 3.05) is 6.61 Å². The summed E-state index contributed by atoms with van der Waals surface area (Å²) in [7, 11) is 0. The van der Waals surface area contributed by atoms with Crippen LogP contribution in [-0.2, 0) is 6.54 Å². The van der Waals surface area contributed by atoms with E-state index in [0.717, 1.165) is 16.6 Å². The predicted octanol–water partition coefficient (Wildman–Crippen LogP) is 3.44.